The van der Waals surface area contributed by atoms with Gasteiger partial charge in [-0.15, -0.1) is 0 Å². The molecule has 5 atom stereocenters. The molecule has 2 aliphatic heterocycles. The summed E-state index contributed by atoms with van der Waals surface area (Å²) >= 11 is 5.75. The molecule has 0 amide bonds. The molecule has 0 spiro atoms. The van der Waals surface area contributed by atoms with Gasteiger partial charge in [-0.3, -0.25) is 4.79 Å². The van der Waals surface area contributed by atoms with Crippen LogP contribution in [0.4, 0.5) is 0 Å². The molecule has 1 N–H and O–H groups in total. The SMILES string of the molecule is O=c1cccc2n1C[C@H]1C[C@H]2CN(C(=S)N[C@H]2C[C@H]3C=C[C@H]2C3)C1. The molecule has 1 saturated heterocycles. The van der Waals surface area contributed by atoms with Crippen LogP contribution < -0.4 is 10.9 Å². The second kappa shape index (κ2) is 5.45. The van der Waals surface area contributed by atoms with Crippen LogP contribution in [0.25, 0.3) is 0 Å². The Morgan fingerprint density at radius 2 is 2.04 bits per heavy atom. The van der Waals surface area contributed by atoms with E-state index in [-0.39, 0.29) is 5.56 Å². The number of thiocarbonyl (C=S) groups is 1. The second-order valence-corrected chi connectivity index (χ2v) is 8.33. The number of pyridine rings is 1. The second-order valence-electron chi connectivity index (χ2n) is 7.94. The van der Waals surface area contributed by atoms with E-state index in [0.29, 0.717) is 23.8 Å². The van der Waals surface area contributed by atoms with Crippen LogP contribution in [0.15, 0.2) is 35.1 Å². The van der Waals surface area contributed by atoms with Crippen molar-refractivity contribution in [3.05, 3.63) is 46.4 Å². The molecule has 1 aromatic heterocycles. The average molecular weight is 341 g/mol. The number of nitrogens with one attached hydrogen (secondary N) is 1. The Morgan fingerprint density at radius 1 is 1.12 bits per heavy atom. The number of hydrogen-bond donors (Lipinski definition) is 1. The van der Waals surface area contributed by atoms with Gasteiger partial charge in [0.1, 0.15) is 0 Å². The molecule has 2 fully saturated rings. The maximum atomic E-state index is 12.1. The van der Waals surface area contributed by atoms with Crippen LogP contribution in [0.5, 0.6) is 0 Å². The molecular weight excluding hydrogens is 318 g/mol. The molecule has 4 aliphatic rings. The average Bonchev–Trinajstić information content (AvgIpc) is 3.18. The number of rotatable bonds is 1. The van der Waals surface area contributed by atoms with Crippen LogP contribution in [0.2, 0.25) is 0 Å². The number of nitrogens with zero attached hydrogens (tertiary/aromatic N) is 2. The monoisotopic (exact) mass is 341 g/mol. The molecule has 0 unspecified atom stereocenters. The molecule has 2 aliphatic carbocycles. The van der Waals surface area contributed by atoms with Crippen molar-refractivity contribution in [1.29, 1.82) is 0 Å². The quantitative estimate of drug-likeness (QED) is 0.627. The van der Waals surface area contributed by atoms with Crippen LogP contribution >= 0.6 is 12.2 Å². The number of likely N-dealkylation sites (tertiary alicyclic amines) is 1. The fourth-order valence-electron chi connectivity index (χ4n) is 5.26. The summed E-state index contributed by atoms with van der Waals surface area (Å²) in [5.74, 6) is 2.37. The third-order valence-corrected chi connectivity index (χ3v) is 6.73. The van der Waals surface area contributed by atoms with Crippen LogP contribution in [0.3, 0.4) is 0 Å². The molecule has 0 radical (unpaired) electrons. The lowest BCUT2D eigenvalue weighted by Gasteiger charge is -2.44. The van der Waals surface area contributed by atoms with Crippen LogP contribution in [-0.2, 0) is 6.54 Å². The molecule has 4 bridgehead atoms. The Kier molecular flexibility index (Phi) is 3.34. The van der Waals surface area contributed by atoms with Crippen molar-refractivity contribution in [1.82, 2.24) is 14.8 Å². The summed E-state index contributed by atoms with van der Waals surface area (Å²) in [6.45, 7) is 2.74. The molecule has 1 saturated carbocycles. The minimum Gasteiger partial charge on any atom is -0.359 e. The van der Waals surface area contributed by atoms with Crippen molar-refractivity contribution >= 4 is 17.3 Å². The Labute approximate surface area is 147 Å². The summed E-state index contributed by atoms with van der Waals surface area (Å²) in [5.41, 5.74) is 1.33. The van der Waals surface area contributed by atoms with Gasteiger partial charge in [-0.2, -0.15) is 0 Å². The molecule has 1 aromatic rings. The van der Waals surface area contributed by atoms with E-state index in [0.717, 1.165) is 30.7 Å². The molecule has 5 rings (SSSR count). The van der Waals surface area contributed by atoms with Gasteiger partial charge in [0.15, 0.2) is 5.11 Å². The summed E-state index contributed by atoms with van der Waals surface area (Å²) in [6, 6.07) is 6.20. The van der Waals surface area contributed by atoms with E-state index in [1.165, 1.54) is 25.0 Å². The molecular formula is C19H23N3OS. The zero-order valence-corrected chi connectivity index (χ0v) is 14.5. The van der Waals surface area contributed by atoms with Gasteiger partial charge < -0.3 is 14.8 Å². The van der Waals surface area contributed by atoms with Crippen LogP contribution in [0.1, 0.15) is 30.9 Å². The summed E-state index contributed by atoms with van der Waals surface area (Å²) in [4.78, 5) is 14.5. The summed E-state index contributed by atoms with van der Waals surface area (Å²) in [7, 11) is 0. The van der Waals surface area contributed by atoms with E-state index in [2.05, 4.69) is 28.4 Å². The Morgan fingerprint density at radius 3 is 2.83 bits per heavy atom. The fraction of sp³-hybridized carbons (Fsp3) is 0.579. The molecule has 24 heavy (non-hydrogen) atoms. The Bertz CT molecular complexity index is 770. The number of allylic oxidation sites excluding steroid dienone is 1. The Hall–Kier alpha value is -1.62. The number of hydrogen-bond acceptors (Lipinski definition) is 2. The van der Waals surface area contributed by atoms with Gasteiger partial charge in [0.25, 0.3) is 5.56 Å². The lowest BCUT2D eigenvalue weighted by Crippen LogP contribution is -2.53. The summed E-state index contributed by atoms with van der Waals surface area (Å²) < 4.78 is 1.98. The van der Waals surface area contributed by atoms with Crippen molar-refractivity contribution < 1.29 is 0 Å². The first-order valence-electron chi connectivity index (χ1n) is 9.11. The van der Waals surface area contributed by atoms with Gasteiger partial charge in [-0.05, 0) is 55.3 Å². The lowest BCUT2D eigenvalue weighted by molar-refractivity contribution is 0.176. The van der Waals surface area contributed by atoms with Crippen LogP contribution in [0, 0.1) is 17.8 Å². The fourth-order valence-corrected chi connectivity index (χ4v) is 5.56. The highest BCUT2D eigenvalue weighted by atomic mass is 32.1. The smallest absolute Gasteiger partial charge is 0.250 e. The number of fused-ring (bicyclic) bond motifs is 6. The lowest BCUT2D eigenvalue weighted by atomic mass is 9.83. The predicted octanol–water partition coefficient (Wildman–Crippen LogP) is 2.11. The zero-order valence-electron chi connectivity index (χ0n) is 13.7. The highest BCUT2D eigenvalue weighted by Gasteiger charge is 2.38. The first kappa shape index (κ1) is 14.7. The third kappa shape index (κ3) is 2.32. The normalized spacial score (nSPS) is 35.8. The zero-order chi connectivity index (χ0) is 16.3. The number of piperidine rings is 1. The van der Waals surface area contributed by atoms with Gasteiger partial charge in [-0.1, -0.05) is 18.2 Å². The van der Waals surface area contributed by atoms with E-state index in [1.54, 1.807) is 6.07 Å². The Balaban J connectivity index is 1.32. The largest absolute Gasteiger partial charge is 0.359 e. The first-order valence-corrected chi connectivity index (χ1v) is 9.51. The molecule has 0 aromatic carbocycles. The van der Waals surface area contributed by atoms with Gasteiger partial charge in [0.2, 0.25) is 0 Å². The van der Waals surface area contributed by atoms with Crippen molar-refractivity contribution in [3.63, 3.8) is 0 Å². The van der Waals surface area contributed by atoms with Gasteiger partial charge in [0.05, 0.1) is 0 Å². The molecule has 5 heteroatoms. The van der Waals surface area contributed by atoms with Crippen molar-refractivity contribution in [2.24, 2.45) is 17.8 Å². The standard InChI is InChI=1S/C19H23N3OS/c23-18-3-1-2-17-15-7-13(10-22(17)18)9-21(11-15)19(24)20-16-8-12-4-5-14(16)6-12/h1-5,12-16H,6-11H2,(H,20,24)/t12-,13-,14-,15-,16-/m0/s1. The third-order valence-electron chi connectivity index (χ3n) is 6.35. The first-order chi connectivity index (χ1) is 11.7. The highest BCUT2D eigenvalue weighted by Crippen LogP contribution is 2.39. The molecule has 126 valence electrons. The minimum atomic E-state index is 0.144. The van der Waals surface area contributed by atoms with E-state index < -0.39 is 0 Å². The van der Waals surface area contributed by atoms with Gasteiger partial charge >= 0.3 is 0 Å². The van der Waals surface area contributed by atoms with E-state index in [9.17, 15) is 4.79 Å². The minimum absolute atomic E-state index is 0.144. The number of aromatic nitrogens is 1. The van der Waals surface area contributed by atoms with Crippen molar-refractivity contribution in [3.8, 4) is 0 Å². The van der Waals surface area contributed by atoms with E-state index in [4.69, 9.17) is 12.2 Å². The topological polar surface area (TPSA) is 37.3 Å². The predicted molar refractivity (Wildman–Crippen MR) is 98.0 cm³/mol. The summed E-state index contributed by atoms with van der Waals surface area (Å²) in [5, 5.41) is 4.56. The van der Waals surface area contributed by atoms with Gasteiger partial charge in [-0.25, -0.2) is 0 Å². The molecule has 4 nitrogen and oxygen atoms in total. The van der Waals surface area contributed by atoms with E-state index in [1.807, 2.05) is 10.6 Å². The summed E-state index contributed by atoms with van der Waals surface area (Å²) in [6.07, 6.45) is 8.43. The van der Waals surface area contributed by atoms with Crippen molar-refractivity contribution in [2.45, 2.75) is 37.8 Å². The molecule has 3 heterocycles. The maximum absolute atomic E-state index is 12.1. The maximum Gasteiger partial charge on any atom is 0.250 e. The van der Waals surface area contributed by atoms with Gasteiger partial charge in [0, 0.05) is 43.4 Å². The van der Waals surface area contributed by atoms with E-state index >= 15 is 0 Å². The van der Waals surface area contributed by atoms with Crippen LogP contribution in [-0.4, -0.2) is 33.7 Å². The van der Waals surface area contributed by atoms with Crippen molar-refractivity contribution in [2.75, 3.05) is 13.1 Å². The highest BCUT2D eigenvalue weighted by molar-refractivity contribution is 7.80.